The van der Waals surface area contributed by atoms with Crippen LogP contribution in [-0.4, -0.2) is 52.5 Å². The third kappa shape index (κ3) is 3.86. The number of amides is 1. The molecule has 1 N–H and O–H groups in total. The fourth-order valence-electron chi connectivity index (χ4n) is 4.96. The Morgan fingerprint density at radius 2 is 1.94 bits per heavy atom. The molecule has 7 nitrogen and oxygen atoms in total. The zero-order valence-electron chi connectivity index (χ0n) is 17.3. The molecule has 2 aromatic rings. The molecule has 2 aromatic heterocycles. The van der Waals surface area contributed by atoms with E-state index in [1.165, 1.54) is 12.3 Å². The predicted octanol–water partition coefficient (Wildman–Crippen LogP) is 2.34. The Morgan fingerprint density at radius 1 is 1.16 bits per heavy atom. The maximum Gasteiger partial charge on any atom is 0.223 e. The number of piperazine rings is 1. The summed E-state index contributed by atoms with van der Waals surface area (Å²) in [5, 5.41) is 12.5. The predicted molar refractivity (Wildman–Crippen MR) is 113 cm³/mol. The average Bonchev–Trinajstić information content (AvgIpc) is 3.53. The molecule has 1 saturated carbocycles. The molecule has 3 fully saturated rings. The van der Waals surface area contributed by atoms with Crippen molar-refractivity contribution in [3.05, 3.63) is 53.7 Å². The fourth-order valence-corrected chi connectivity index (χ4v) is 4.96. The summed E-state index contributed by atoms with van der Waals surface area (Å²) in [7, 11) is 0. The summed E-state index contributed by atoms with van der Waals surface area (Å²) < 4.78 is 13.1. The van der Waals surface area contributed by atoms with E-state index in [0.29, 0.717) is 31.6 Å². The van der Waals surface area contributed by atoms with E-state index in [-0.39, 0.29) is 29.3 Å². The number of halogens is 1. The van der Waals surface area contributed by atoms with E-state index in [1.54, 1.807) is 18.3 Å². The maximum absolute atomic E-state index is 13.1. The summed E-state index contributed by atoms with van der Waals surface area (Å²) in [6, 6.07) is 9.52. The smallest absolute Gasteiger partial charge is 0.223 e. The van der Waals surface area contributed by atoms with Gasteiger partial charge in [0.1, 0.15) is 17.7 Å². The highest BCUT2D eigenvalue weighted by molar-refractivity contribution is 5.77. The number of nitrogens with zero attached hydrogens (tertiary/aromatic N) is 5. The number of aromatic nitrogens is 2. The van der Waals surface area contributed by atoms with Crippen LogP contribution in [0.5, 0.6) is 0 Å². The fraction of sp³-hybridized carbons (Fsp3) is 0.478. The summed E-state index contributed by atoms with van der Waals surface area (Å²) in [4.78, 5) is 25.9. The van der Waals surface area contributed by atoms with Gasteiger partial charge in [-0.25, -0.2) is 9.37 Å². The summed E-state index contributed by atoms with van der Waals surface area (Å²) in [5.74, 6) is 0.724. The highest BCUT2D eigenvalue weighted by atomic mass is 19.1. The van der Waals surface area contributed by atoms with Gasteiger partial charge in [0.2, 0.25) is 5.91 Å². The molecule has 2 aliphatic heterocycles. The summed E-state index contributed by atoms with van der Waals surface area (Å²) >= 11 is 0. The van der Waals surface area contributed by atoms with Gasteiger partial charge in [0.15, 0.2) is 0 Å². The molecule has 2 bridgehead atoms. The molecule has 0 radical (unpaired) electrons. The van der Waals surface area contributed by atoms with Crippen molar-refractivity contribution in [1.29, 1.82) is 5.26 Å². The number of carbonyl (C=O) groups excluding carboxylic acids is 1. The first-order valence-corrected chi connectivity index (χ1v) is 10.9. The lowest BCUT2D eigenvalue weighted by atomic mass is 10.1. The Hall–Kier alpha value is -3.05. The van der Waals surface area contributed by atoms with Crippen molar-refractivity contribution >= 4 is 11.7 Å². The highest BCUT2D eigenvalue weighted by Gasteiger charge is 2.45. The van der Waals surface area contributed by atoms with Gasteiger partial charge in [-0.05, 0) is 49.9 Å². The van der Waals surface area contributed by atoms with Crippen molar-refractivity contribution in [2.24, 2.45) is 0 Å². The van der Waals surface area contributed by atoms with Crippen molar-refractivity contribution in [1.82, 2.24) is 20.2 Å². The van der Waals surface area contributed by atoms with Crippen LogP contribution in [0.4, 0.5) is 10.2 Å². The van der Waals surface area contributed by atoms with Crippen LogP contribution in [0.15, 0.2) is 36.7 Å². The molecule has 0 aromatic carbocycles. The molecule has 1 amide bonds. The summed E-state index contributed by atoms with van der Waals surface area (Å²) in [6.07, 6.45) is 7.32. The number of nitrogens with one attached hydrogen (secondary N) is 1. The number of anilines is 1. The SMILES string of the molecule is N#Cc1ccc(N2C3CCC2CN(C(=O)CCNC2(c4ccc(F)cn4)CC2)C3)nc1. The van der Waals surface area contributed by atoms with Gasteiger partial charge in [-0.3, -0.25) is 9.78 Å². The van der Waals surface area contributed by atoms with Gasteiger partial charge in [0, 0.05) is 44.3 Å². The van der Waals surface area contributed by atoms with Gasteiger partial charge in [0.05, 0.1) is 23.0 Å². The van der Waals surface area contributed by atoms with Crippen molar-refractivity contribution in [2.45, 2.75) is 49.7 Å². The van der Waals surface area contributed by atoms with Crippen molar-refractivity contribution < 1.29 is 9.18 Å². The molecule has 31 heavy (non-hydrogen) atoms. The van der Waals surface area contributed by atoms with Crippen LogP contribution in [0.2, 0.25) is 0 Å². The van der Waals surface area contributed by atoms with Crippen molar-refractivity contribution in [2.75, 3.05) is 24.5 Å². The lowest BCUT2D eigenvalue weighted by molar-refractivity contribution is -0.132. The molecule has 1 aliphatic carbocycles. The first-order valence-electron chi connectivity index (χ1n) is 10.9. The van der Waals surface area contributed by atoms with E-state index in [1.807, 2.05) is 11.0 Å². The molecule has 2 unspecified atom stereocenters. The zero-order chi connectivity index (χ0) is 21.4. The number of hydrogen-bond donors (Lipinski definition) is 1. The first kappa shape index (κ1) is 19.9. The van der Waals surface area contributed by atoms with Crippen LogP contribution in [-0.2, 0) is 10.3 Å². The standard InChI is InChI=1S/C23H25FN6O/c24-17-2-5-20(26-13-17)23(8-9-23)28-10-7-22(31)29-14-18-3-4-19(15-29)30(18)21-6-1-16(11-25)12-27-21/h1-2,5-6,12-13,18-19,28H,3-4,7-10,14-15H2. The minimum Gasteiger partial charge on any atom is -0.347 e. The topological polar surface area (TPSA) is 85.2 Å². The largest absolute Gasteiger partial charge is 0.347 e. The lowest BCUT2D eigenvalue weighted by Crippen LogP contribution is -2.56. The Morgan fingerprint density at radius 3 is 2.52 bits per heavy atom. The molecule has 5 rings (SSSR count). The normalized spacial score (nSPS) is 23.5. The van der Waals surface area contributed by atoms with Crippen LogP contribution in [0, 0.1) is 17.1 Å². The number of carbonyl (C=O) groups is 1. The number of rotatable bonds is 6. The molecule has 8 heteroatoms. The van der Waals surface area contributed by atoms with Crippen LogP contribution in [0.25, 0.3) is 0 Å². The van der Waals surface area contributed by atoms with Crippen LogP contribution < -0.4 is 10.2 Å². The monoisotopic (exact) mass is 420 g/mol. The van der Waals surface area contributed by atoms with E-state index >= 15 is 0 Å². The van der Waals surface area contributed by atoms with E-state index in [0.717, 1.165) is 37.2 Å². The average molecular weight is 420 g/mol. The van der Waals surface area contributed by atoms with E-state index in [9.17, 15) is 9.18 Å². The lowest BCUT2D eigenvalue weighted by Gasteiger charge is -2.42. The molecule has 2 atom stereocenters. The summed E-state index contributed by atoms with van der Waals surface area (Å²) in [5.41, 5.74) is 1.21. The van der Waals surface area contributed by atoms with Gasteiger partial charge in [-0.2, -0.15) is 5.26 Å². The molecule has 160 valence electrons. The quantitative estimate of drug-likeness (QED) is 0.772. The zero-order valence-corrected chi connectivity index (χ0v) is 17.3. The molecular formula is C23H25FN6O. The van der Waals surface area contributed by atoms with Gasteiger partial charge in [-0.1, -0.05) is 0 Å². The first-order chi connectivity index (χ1) is 15.1. The van der Waals surface area contributed by atoms with E-state index in [4.69, 9.17) is 5.26 Å². The van der Waals surface area contributed by atoms with Gasteiger partial charge in [0.25, 0.3) is 0 Å². The van der Waals surface area contributed by atoms with Crippen LogP contribution >= 0.6 is 0 Å². The summed E-state index contributed by atoms with van der Waals surface area (Å²) in [6.45, 7) is 2.01. The molecular weight excluding hydrogens is 395 g/mol. The van der Waals surface area contributed by atoms with E-state index < -0.39 is 0 Å². The highest BCUT2D eigenvalue weighted by Crippen LogP contribution is 2.44. The Balaban J connectivity index is 1.16. The van der Waals surface area contributed by atoms with Crippen LogP contribution in [0.3, 0.4) is 0 Å². The second-order valence-electron chi connectivity index (χ2n) is 8.73. The maximum atomic E-state index is 13.1. The third-order valence-corrected chi connectivity index (χ3v) is 6.75. The minimum absolute atomic E-state index is 0.166. The Kier molecular flexibility index (Phi) is 5.06. The minimum atomic E-state index is -0.334. The number of pyridine rings is 2. The molecule has 3 aliphatic rings. The van der Waals surface area contributed by atoms with Gasteiger partial charge >= 0.3 is 0 Å². The second-order valence-corrected chi connectivity index (χ2v) is 8.73. The Bertz CT molecular complexity index is 984. The van der Waals surface area contributed by atoms with Crippen molar-refractivity contribution in [3.63, 3.8) is 0 Å². The Labute approximate surface area is 180 Å². The number of likely N-dealkylation sites (tertiary alicyclic amines) is 1. The number of hydrogen-bond acceptors (Lipinski definition) is 6. The number of fused-ring (bicyclic) bond motifs is 2. The molecule has 4 heterocycles. The number of nitriles is 1. The van der Waals surface area contributed by atoms with Crippen molar-refractivity contribution in [3.8, 4) is 6.07 Å². The van der Waals surface area contributed by atoms with E-state index in [2.05, 4.69) is 26.3 Å². The third-order valence-electron chi connectivity index (χ3n) is 6.75. The van der Waals surface area contributed by atoms with Crippen LogP contribution in [0.1, 0.15) is 43.4 Å². The molecule has 2 saturated heterocycles. The molecule has 0 spiro atoms. The van der Waals surface area contributed by atoms with Gasteiger partial charge < -0.3 is 15.1 Å². The van der Waals surface area contributed by atoms with Gasteiger partial charge in [-0.15, -0.1) is 0 Å². The second kappa shape index (κ2) is 7.89.